The van der Waals surface area contributed by atoms with Gasteiger partial charge in [-0.1, -0.05) is 0 Å². The number of likely N-dealkylation sites (tertiary alicyclic amines) is 1. The van der Waals surface area contributed by atoms with E-state index in [2.05, 4.69) is 27.0 Å². The topological polar surface area (TPSA) is 56.7 Å². The van der Waals surface area contributed by atoms with Crippen LogP contribution in [0.2, 0.25) is 0 Å². The first kappa shape index (κ1) is 20.0. The quantitative estimate of drug-likeness (QED) is 0.761. The van der Waals surface area contributed by atoms with Crippen LogP contribution in [-0.4, -0.2) is 47.3 Å². The largest absolute Gasteiger partial charge is 0.484 e. The Morgan fingerprint density at radius 2 is 1.93 bits per heavy atom. The maximum atomic E-state index is 14.7. The number of hydrogen-bond acceptors (Lipinski definition) is 6. The third-order valence-corrected chi connectivity index (χ3v) is 5.49. The van der Waals surface area contributed by atoms with Crippen molar-refractivity contribution < 1.29 is 18.6 Å². The second-order valence-corrected chi connectivity index (χ2v) is 7.86. The minimum atomic E-state index is -0.354. The normalized spacial score (nSPS) is 20.5. The second-order valence-electron chi connectivity index (χ2n) is 7.86. The van der Waals surface area contributed by atoms with Gasteiger partial charge in [-0.05, 0) is 57.9 Å². The molecule has 4 rings (SSSR count). The fraction of sp³-hybridized carbons (Fsp3) is 0.545. The van der Waals surface area contributed by atoms with Gasteiger partial charge in [0.25, 0.3) is 5.88 Å². The average molecular weight is 401 g/mol. The van der Waals surface area contributed by atoms with Crippen LogP contribution in [-0.2, 0) is 11.3 Å². The van der Waals surface area contributed by atoms with Gasteiger partial charge >= 0.3 is 0 Å². The Morgan fingerprint density at radius 1 is 1.17 bits per heavy atom. The smallest absolute Gasteiger partial charge is 0.257 e. The lowest BCUT2D eigenvalue weighted by Gasteiger charge is -2.36. The van der Waals surface area contributed by atoms with E-state index in [0.29, 0.717) is 37.1 Å². The summed E-state index contributed by atoms with van der Waals surface area (Å²) in [5.74, 6) is 0.410. The maximum absolute atomic E-state index is 14.7. The first-order chi connectivity index (χ1) is 14.0. The van der Waals surface area contributed by atoms with Crippen LogP contribution in [0.3, 0.4) is 0 Å². The number of halogens is 1. The number of piperidine rings is 1. The molecule has 6 nitrogen and oxygen atoms in total. The van der Waals surface area contributed by atoms with Crippen LogP contribution in [0.25, 0.3) is 0 Å². The average Bonchev–Trinajstić information content (AvgIpc) is 2.71. The lowest BCUT2D eigenvalue weighted by molar-refractivity contribution is -0.0208. The van der Waals surface area contributed by atoms with Crippen molar-refractivity contribution in [1.29, 1.82) is 0 Å². The van der Waals surface area contributed by atoms with E-state index in [0.717, 1.165) is 42.9 Å². The van der Waals surface area contributed by atoms with E-state index in [9.17, 15) is 4.39 Å². The standard InChI is InChI=1S/C22H28FN3O3/c1-14-9-17(10-15(2)24-14)13-29-18-5-4-6-26(12-18)16(3)21-19(23)11-20-22(25-21)28-8-7-27-20/h9-11,16,18H,4-8,12-13H2,1-3H3/t16?,18-/m0/s1. The zero-order valence-corrected chi connectivity index (χ0v) is 17.3. The fourth-order valence-corrected chi connectivity index (χ4v) is 4.10. The molecule has 0 aromatic carbocycles. The summed E-state index contributed by atoms with van der Waals surface area (Å²) in [4.78, 5) is 11.1. The lowest BCUT2D eigenvalue weighted by Crippen LogP contribution is -2.41. The molecule has 2 aliphatic rings. The van der Waals surface area contributed by atoms with Crippen molar-refractivity contribution in [3.8, 4) is 11.6 Å². The van der Waals surface area contributed by atoms with Gasteiger partial charge in [0.1, 0.15) is 19.0 Å². The van der Waals surface area contributed by atoms with E-state index in [1.54, 1.807) is 0 Å². The van der Waals surface area contributed by atoms with E-state index >= 15 is 0 Å². The van der Waals surface area contributed by atoms with Gasteiger partial charge in [0.15, 0.2) is 5.75 Å². The van der Waals surface area contributed by atoms with Gasteiger partial charge in [0, 0.05) is 24.0 Å². The summed E-state index contributed by atoms with van der Waals surface area (Å²) in [5, 5.41) is 0. The van der Waals surface area contributed by atoms with Gasteiger partial charge < -0.3 is 14.2 Å². The highest BCUT2D eigenvalue weighted by Gasteiger charge is 2.29. The lowest BCUT2D eigenvalue weighted by atomic mass is 10.0. The highest BCUT2D eigenvalue weighted by molar-refractivity contribution is 5.37. The maximum Gasteiger partial charge on any atom is 0.257 e. The summed E-state index contributed by atoms with van der Waals surface area (Å²) in [6, 6.07) is 5.34. The molecule has 0 amide bonds. The Balaban J connectivity index is 1.41. The Bertz CT molecular complexity index is 856. The predicted octanol–water partition coefficient (Wildman–Crippen LogP) is 3.75. The van der Waals surface area contributed by atoms with Crippen LogP contribution in [0.4, 0.5) is 4.39 Å². The summed E-state index contributed by atoms with van der Waals surface area (Å²) >= 11 is 0. The van der Waals surface area contributed by atoms with Crippen LogP contribution in [0.15, 0.2) is 18.2 Å². The van der Waals surface area contributed by atoms with Crippen molar-refractivity contribution in [3.63, 3.8) is 0 Å². The molecule has 0 radical (unpaired) electrons. The Morgan fingerprint density at radius 3 is 2.72 bits per heavy atom. The minimum absolute atomic E-state index is 0.111. The first-order valence-electron chi connectivity index (χ1n) is 10.3. The van der Waals surface area contributed by atoms with Gasteiger partial charge in [-0.15, -0.1) is 0 Å². The van der Waals surface area contributed by atoms with Gasteiger partial charge in [-0.2, -0.15) is 0 Å². The van der Waals surface area contributed by atoms with Crippen LogP contribution in [0.5, 0.6) is 11.6 Å². The third kappa shape index (κ3) is 4.67. The molecule has 0 aliphatic carbocycles. The predicted molar refractivity (Wildman–Crippen MR) is 107 cm³/mol. The number of rotatable bonds is 5. The number of aryl methyl sites for hydroxylation is 2. The monoisotopic (exact) mass is 401 g/mol. The molecule has 0 N–H and O–H groups in total. The number of hydrogen-bond donors (Lipinski definition) is 0. The van der Waals surface area contributed by atoms with Gasteiger partial charge in [0.05, 0.1) is 24.4 Å². The van der Waals surface area contributed by atoms with Gasteiger partial charge in [-0.3, -0.25) is 9.88 Å². The van der Waals surface area contributed by atoms with E-state index in [-0.39, 0.29) is 18.0 Å². The number of ether oxygens (including phenoxy) is 3. The fourth-order valence-electron chi connectivity index (χ4n) is 4.10. The number of pyridine rings is 2. The van der Waals surface area contributed by atoms with E-state index < -0.39 is 0 Å². The van der Waals surface area contributed by atoms with Crippen molar-refractivity contribution in [2.75, 3.05) is 26.3 Å². The van der Waals surface area contributed by atoms with Crippen molar-refractivity contribution >= 4 is 0 Å². The van der Waals surface area contributed by atoms with Gasteiger partial charge in [-0.25, -0.2) is 9.37 Å². The number of fused-ring (bicyclic) bond motifs is 1. The summed E-state index contributed by atoms with van der Waals surface area (Å²) in [6.07, 6.45) is 2.12. The first-order valence-corrected chi connectivity index (χ1v) is 10.3. The molecule has 1 saturated heterocycles. The molecule has 4 heterocycles. The molecule has 2 atom stereocenters. The molecule has 1 unspecified atom stereocenters. The number of nitrogens with zero attached hydrogens (tertiary/aromatic N) is 3. The third-order valence-electron chi connectivity index (χ3n) is 5.49. The zero-order chi connectivity index (χ0) is 20.4. The number of aromatic nitrogens is 2. The Kier molecular flexibility index (Phi) is 5.96. The molecule has 2 aromatic rings. The van der Waals surface area contributed by atoms with Crippen LogP contribution in [0.1, 0.15) is 48.5 Å². The van der Waals surface area contributed by atoms with Crippen molar-refractivity contribution in [2.24, 2.45) is 0 Å². The summed E-state index contributed by atoms with van der Waals surface area (Å²) < 4.78 is 31.8. The molecule has 29 heavy (non-hydrogen) atoms. The summed E-state index contributed by atoms with van der Waals surface area (Å²) in [7, 11) is 0. The Labute approximate surface area is 171 Å². The SMILES string of the molecule is Cc1cc(CO[C@H]2CCCN(C(C)c3nc4c(cc3F)OCCO4)C2)cc(C)n1. The molecular weight excluding hydrogens is 373 g/mol. The summed E-state index contributed by atoms with van der Waals surface area (Å²) in [5.41, 5.74) is 3.54. The molecule has 2 aromatic heterocycles. The molecule has 7 heteroatoms. The Hall–Kier alpha value is -2.25. The summed E-state index contributed by atoms with van der Waals surface area (Å²) in [6.45, 7) is 9.04. The van der Waals surface area contributed by atoms with Crippen LogP contribution >= 0.6 is 0 Å². The van der Waals surface area contributed by atoms with Crippen molar-refractivity contribution in [1.82, 2.24) is 14.9 Å². The zero-order valence-electron chi connectivity index (χ0n) is 17.3. The highest BCUT2D eigenvalue weighted by atomic mass is 19.1. The minimum Gasteiger partial charge on any atom is -0.484 e. The van der Waals surface area contributed by atoms with E-state index in [1.165, 1.54) is 6.07 Å². The molecule has 0 saturated carbocycles. The van der Waals surface area contributed by atoms with Crippen LogP contribution < -0.4 is 9.47 Å². The molecule has 0 spiro atoms. The molecular formula is C22H28FN3O3. The van der Waals surface area contributed by atoms with E-state index in [1.807, 2.05) is 20.8 Å². The highest BCUT2D eigenvalue weighted by Crippen LogP contribution is 2.34. The van der Waals surface area contributed by atoms with Gasteiger partial charge in [0.2, 0.25) is 0 Å². The van der Waals surface area contributed by atoms with E-state index in [4.69, 9.17) is 14.2 Å². The molecule has 156 valence electrons. The molecule has 1 fully saturated rings. The molecule has 2 aliphatic heterocycles. The van der Waals surface area contributed by atoms with Crippen LogP contribution in [0, 0.1) is 19.7 Å². The second kappa shape index (κ2) is 8.63. The molecule has 0 bridgehead atoms. The van der Waals surface area contributed by atoms with Crippen molar-refractivity contribution in [2.45, 2.75) is 52.4 Å². The van der Waals surface area contributed by atoms with Crippen molar-refractivity contribution in [3.05, 3.63) is 46.7 Å².